The Morgan fingerprint density at radius 2 is 1.83 bits per heavy atom. The van der Waals surface area contributed by atoms with Gasteiger partial charge in [0.25, 0.3) is 5.69 Å². The van der Waals surface area contributed by atoms with Crippen molar-refractivity contribution in [3.63, 3.8) is 0 Å². The summed E-state index contributed by atoms with van der Waals surface area (Å²) >= 11 is 0. The van der Waals surface area contributed by atoms with Crippen molar-refractivity contribution in [3.05, 3.63) is 57.6 Å². The van der Waals surface area contributed by atoms with Gasteiger partial charge in [0, 0.05) is 12.1 Å². The lowest BCUT2D eigenvalue weighted by molar-refractivity contribution is -0.385. The molecule has 24 heavy (non-hydrogen) atoms. The van der Waals surface area contributed by atoms with Gasteiger partial charge in [-0.15, -0.1) is 0 Å². The van der Waals surface area contributed by atoms with E-state index < -0.39 is 15.0 Å². The van der Waals surface area contributed by atoms with Gasteiger partial charge in [0.2, 0.25) is 0 Å². The van der Waals surface area contributed by atoms with Crippen LogP contribution in [0.2, 0.25) is 0 Å². The summed E-state index contributed by atoms with van der Waals surface area (Å²) < 4.78 is 35.5. The molecule has 0 amide bonds. The van der Waals surface area contributed by atoms with Gasteiger partial charge in [0.1, 0.15) is 4.90 Å². The van der Waals surface area contributed by atoms with Gasteiger partial charge in [-0.25, -0.2) is 0 Å². The maximum atomic E-state index is 12.6. The minimum atomic E-state index is -4.24. The minimum absolute atomic E-state index is 0.0247. The summed E-state index contributed by atoms with van der Waals surface area (Å²) in [7, 11) is -2.84. The summed E-state index contributed by atoms with van der Waals surface area (Å²) in [6.45, 7) is 3.59. The number of nitro groups is 1. The molecule has 0 spiro atoms. The van der Waals surface area contributed by atoms with Gasteiger partial charge in [-0.05, 0) is 36.6 Å². The van der Waals surface area contributed by atoms with Crippen LogP contribution >= 0.6 is 0 Å². The van der Waals surface area contributed by atoms with E-state index in [0.29, 0.717) is 12.0 Å². The molecule has 0 N–H and O–H groups in total. The number of benzene rings is 2. The Balaban J connectivity index is 2.51. The minimum Gasteiger partial charge on any atom is -0.493 e. The predicted molar refractivity (Wildman–Crippen MR) is 88.0 cm³/mol. The molecule has 2 rings (SSSR count). The zero-order valence-corrected chi connectivity index (χ0v) is 14.3. The van der Waals surface area contributed by atoms with Crippen LogP contribution < -0.4 is 8.92 Å². The second-order valence-electron chi connectivity index (χ2n) is 5.09. The van der Waals surface area contributed by atoms with Crippen LogP contribution in [0, 0.1) is 17.0 Å². The smallest absolute Gasteiger partial charge is 0.339 e. The second-order valence-corrected chi connectivity index (χ2v) is 6.61. The highest BCUT2D eigenvalue weighted by Crippen LogP contribution is 2.32. The predicted octanol–water partition coefficient (Wildman–Crippen LogP) is 3.24. The van der Waals surface area contributed by atoms with Gasteiger partial charge in [0.05, 0.1) is 12.0 Å². The van der Waals surface area contributed by atoms with Gasteiger partial charge in [-0.3, -0.25) is 10.1 Å². The molecule has 0 aromatic heterocycles. The summed E-state index contributed by atoms with van der Waals surface area (Å²) in [5.74, 6) is 0.290. The molecule has 0 fully saturated rings. The molecule has 0 atom stereocenters. The molecule has 0 saturated carbocycles. The van der Waals surface area contributed by atoms with Gasteiger partial charge in [-0.2, -0.15) is 8.42 Å². The van der Waals surface area contributed by atoms with Crippen LogP contribution in [-0.2, 0) is 16.5 Å². The van der Waals surface area contributed by atoms with E-state index in [4.69, 9.17) is 8.92 Å². The van der Waals surface area contributed by atoms with Crippen LogP contribution in [0.1, 0.15) is 18.1 Å². The van der Waals surface area contributed by atoms with E-state index in [-0.39, 0.29) is 22.1 Å². The van der Waals surface area contributed by atoms with E-state index in [2.05, 4.69) is 0 Å². The fourth-order valence-electron chi connectivity index (χ4n) is 2.19. The molecule has 8 heteroatoms. The topological polar surface area (TPSA) is 95.7 Å². The van der Waals surface area contributed by atoms with Crippen LogP contribution in [-0.4, -0.2) is 20.5 Å². The van der Waals surface area contributed by atoms with E-state index in [9.17, 15) is 18.5 Å². The van der Waals surface area contributed by atoms with Crippen molar-refractivity contribution >= 4 is 15.8 Å². The first kappa shape index (κ1) is 17.7. The molecule has 0 aliphatic rings. The molecule has 0 heterocycles. The number of aryl methyl sites for hydroxylation is 2. The summed E-state index contributed by atoms with van der Waals surface area (Å²) in [5, 5.41) is 10.9. The first-order valence-corrected chi connectivity index (χ1v) is 8.55. The standard InChI is InChI=1S/C16H17NO6S/c1-4-12-6-7-13(17(18)19)10-16(12)24(20,21)23-14-8-5-11(2)9-15(14)22-3/h5-10H,4H2,1-3H3. The fraction of sp³-hybridized carbons (Fsp3) is 0.250. The number of hydrogen-bond acceptors (Lipinski definition) is 6. The number of non-ortho nitro benzene ring substituents is 1. The molecule has 0 radical (unpaired) electrons. The van der Waals surface area contributed by atoms with Crippen molar-refractivity contribution in [2.24, 2.45) is 0 Å². The molecule has 0 saturated heterocycles. The number of hydrogen-bond donors (Lipinski definition) is 0. The molecule has 0 aliphatic heterocycles. The number of methoxy groups -OCH3 is 1. The highest BCUT2D eigenvalue weighted by molar-refractivity contribution is 7.87. The second kappa shape index (κ2) is 6.88. The molecule has 7 nitrogen and oxygen atoms in total. The third-order valence-electron chi connectivity index (χ3n) is 3.43. The van der Waals surface area contributed by atoms with Crippen molar-refractivity contribution < 1.29 is 22.3 Å². The summed E-state index contributed by atoms with van der Waals surface area (Å²) in [6.07, 6.45) is 0.390. The molecule has 0 unspecified atom stereocenters. The van der Waals surface area contributed by atoms with Crippen LogP contribution in [0.3, 0.4) is 0 Å². The summed E-state index contributed by atoms with van der Waals surface area (Å²) in [5.41, 5.74) is 0.998. The van der Waals surface area contributed by atoms with E-state index in [1.807, 2.05) is 6.92 Å². The fourth-order valence-corrected chi connectivity index (χ4v) is 3.45. The molecular weight excluding hydrogens is 334 g/mol. The zero-order valence-electron chi connectivity index (χ0n) is 13.5. The van der Waals surface area contributed by atoms with Gasteiger partial charge in [0.15, 0.2) is 11.5 Å². The quantitative estimate of drug-likeness (QED) is 0.450. The number of nitro benzene ring substituents is 1. The normalized spacial score (nSPS) is 11.1. The average Bonchev–Trinajstić information content (AvgIpc) is 2.55. The highest BCUT2D eigenvalue weighted by Gasteiger charge is 2.25. The Kier molecular flexibility index (Phi) is 5.08. The third kappa shape index (κ3) is 3.65. The van der Waals surface area contributed by atoms with Gasteiger partial charge >= 0.3 is 10.1 Å². The van der Waals surface area contributed by atoms with Gasteiger partial charge < -0.3 is 8.92 Å². The van der Waals surface area contributed by atoms with Crippen LogP contribution in [0.5, 0.6) is 11.5 Å². The lowest BCUT2D eigenvalue weighted by atomic mass is 10.1. The van der Waals surface area contributed by atoms with Crippen LogP contribution in [0.25, 0.3) is 0 Å². The zero-order chi connectivity index (χ0) is 17.9. The van der Waals surface area contributed by atoms with Crippen molar-refractivity contribution in [3.8, 4) is 11.5 Å². The van der Waals surface area contributed by atoms with E-state index in [1.165, 1.54) is 25.3 Å². The van der Waals surface area contributed by atoms with Crippen molar-refractivity contribution in [2.45, 2.75) is 25.2 Å². The molecule has 0 aliphatic carbocycles. The van der Waals surface area contributed by atoms with Crippen LogP contribution in [0.4, 0.5) is 5.69 Å². The molecule has 2 aromatic carbocycles. The highest BCUT2D eigenvalue weighted by atomic mass is 32.2. The van der Waals surface area contributed by atoms with Crippen LogP contribution in [0.15, 0.2) is 41.3 Å². The lowest BCUT2D eigenvalue weighted by Gasteiger charge is -2.13. The number of ether oxygens (including phenoxy) is 1. The summed E-state index contributed by atoms with van der Waals surface area (Å²) in [6, 6.07) is 8.50. The maximum Gasteiger partial charge on any atom is 0.339 e. The lowest BCUT2D eigenvalue weighted by Crippen LogP contribution is -2.13. The molecule has 2 aromatic rings. The first-order chi connectivity index (χ1) is 11.3. The molecular formula is C16H17NO6S. The SMILES string of the molecule is CCc1ccc([N+](=O)[O-])cc1S(=O)(=O)Oc1ccc(C)cc1OC. The van der Waals surface area contributed by atoms with E-state index in [0.717, 1.165) is 11.6 Å². The maximum absolute atomic E-state index is 12.6. The Hall–Kier alpha value is -2.61. The molecule has 128 valence electrons. The third-order valence-corrected chi connectivity index (χ3v) is 4.75. The van der Waals surface area contributed by atoms with Crippen molar-refractivity contribution in [2.75, 3.05) is 7.11 Å². The Labute approximate surface area is 140 Å². The van der Waals surface area contributed by atoms with Crippen molar-refractivity contribution in [1.29, 1.82) is 0 Å². The average molecular weight is 351 g/mol. The molecule has 0 bridgehead atoms. The van der Waals surface area contributed by atoms with E-state index >= 15 is 0 Å². The van der Waals surface area contributed by atoms with Gasteiger partial charge in [-0.1, -0.05) is 19.1 Å². The Morgan fingerprint density at radius 3 is 2.42 bits per heavy atom. The monoisotopic (exact) mass is 351 g/mol. The Bertz CT molecular complexity index is 876. The van der Waals surface area contributed by atoms with Crippen molar-refractivity contribution in [1.82, 2.24) is 0 Å². The Morgan fingerprint density at radius 1 is 1.12 bits per heavy atom. The number of rotatable bonds is 6. The largest absolute Gasteiger partial charge is 0.493 e. The number of nitrogens with zero attached hydrogens (tertiary/aromatic N) is 1. The van der Waals surface area contributed by atoms with E-state index in [1.54, 1.807) is 19.1 Å². The first-order valence-electron chi connectivity index (χ1n) is 7.15. The summed E-state index contributed by atoms with van der Waals surface area (Å²) in [4.78, 5) is 10.1.